The minimum atomic E-state index is -0.962. The van der Waals surface area contributed by atoms with Gasteiger partial charge in [-0.3, -0.25) is 0 Å². The summed E-state index contributed by atoms with van der Waals surface area (Å²) in [6.07, 6.45) is 0.463. The Balaban J connectivity index is 2.43. The molecule has 0 saturated heterocycles. The van der Waals surface area contributed by atoms with Crippen molar-refractivity contribution in [3.05, 3.63) is 46.5 Å². The molecule has 0 aliphatic rings. The first-order valence-corrected chi connectivity index (χ1v) is 6.46. The molecule has 0 aliphatic carbocycles. The van der Waals surface area contributed by atoms with Crippen LogP contribution in [0, 0.1) is 0 Å². The summed E-state index contributed by atoms with van der Waals surface area (Å²) in [5.74, 6) is -0.962. The predicted molar refractivity (Wildman–Crippen MR) is 76.6 cm³/mol. The van der Waals surface area contributed by atoms with E-state index in [0.717, 1.165) is 0 Å². The fraction of sp³-hybridized carbons (Fsp3) is 0.231. The second-order valence-electron chi connectivity index (χ2n) is 3.84. The SMILES string of the molecule is C=C(Br)CNC(=O)NCCc1ccccc1C(=O)O. The fourth-order valence-electron chi connectivity index (χ4n) is 1.50. The van der Waals surface area contributed by atoms with Crippen LogP contribution in [0.2, 0.25) is 0 Å². The lowest BCUT2D eigenvalue weighted by Gasteiger charge is -2.08. The minimum Gasteiger partial charge on any atom is -0.478 e. The third kappa shape index (κ3) is 5.56. The van der Waals surface area contributed by atoms with Gasteiger partial charge in [0, 0.05) is 11.0 Å². The maximum absolute atomic E-state index is 11.4. The quantitative estimate of drug-likeness (QED) is 0.749. The highest BCUT2D eigenvalue weighted by atomic mass is 79.9. The second-order valence-corrected chi connectivity index (χ2v) is 4.96. The maximum atomic E-state index is 11.4. The summed E-state index contributed by atoms with van der Waals surface area (Å²) < 4.78 is 0.680. The van der Waals surface area contributed by atoms with Crippen LogP contribution in [0.3, 0.4) is 0 Å². The van der Waals surface area contributed by atoms with E-state index in [0.29, 0.717) is 29.6 Å². The van der Waals surface area contributed by atoms with E-state index < -0.39 is 5.97 Å². The molecule has 2 amide bonds. The topological polar surface area (TPSA) is 78.4 Å². The molecule has 19 heavy (non-hydrogen) atoms. The van der Waals surface area contributed by atoms with Gasteiger partial charge < -0.3 is 15.7 Å². The Morgan fingerprint density at radius 1 is 1.26 bits per heavy atom. The van der Waals surface area contributed by atoms with E-state index in [2.05, 4.69) is 33.1 Å². The van der Waals surface area contributed by atoms with Crippen LogP contribution in [-0.4, -0.2) is 30.2 Å². The number of urea groups is 1. The van der Waals surface area contributed by atoms with Gasteiger partial charge in [-0.25, -0.2) is 9.59 Å². The summed E-state index contributed by atoms with van der Waals surface area (Å²) in [5.41, 5.74) is 0.957. The molecule has 0 atom stereocenters. The van der Waals surface area contributed by atoms with Gasteiger partial charge >= 0.3 is 12.0 Å². The highest BCUT2D eigenvalue weighted by molar-refractivity contribution is 9.11. The van der Waals surface area contributed by atoms with Crippen molar-refractivity contribution in [3.63, 3.8) is 0 Å². The molecular formula is C13H15BrN2O3. The first kappa shape index (κ1) is 15.2. The lowest BCUT2D eigenvalue weighted by atomic mass is 10.0. The molecule has 0 aliphatic heterocycles. The smallest absolute Gasteiger partial charge is 0.335 e. The number of rotatable bonds is 6. The number of nitrogens with one attached hydrogen (secondary N) is 2. The fourth-order valence-corrected chi connectivity index (χ4v) is 1.64. The molecule has 0 saturated carbocycles. The van der Waals surface area contributed by atoms with E-state index in [-0.39, 0.29) is 11.6 Å². The Hall–Kier alpha value is -1.82. The summed E-state index contributed by atoms with van der Waals surface area (Å²) in [6, 6.07) is 6.43. The van der Waals surface area contributed by atoms with E-state index in [1.807, 2.05) is 0 Å². The van der Waals surface area contributed by atoms with Gasteiger partial charge in [-0.1, -0.05) is 40.7 Å². The van der Waals surface area contributed by atoms with Crippen molar-refractivity contribution in [1.29, 1.82) is 0 Å². The van der Waals surface area contributed by atoms with Gasteiger partial charge in [-0.05, 0) is 18.1 Å². The Morgan fingerprint density at radius 3 is 2.58 bits per heavy atom. The van der Waals surface area contributed by atoms with Crippen LogP contribution in [0.4, 0.5) is 4.79 Å². The normalized spacial score (nSPS) is 9.74. The molecule has 3 N–H and O–H groups in total. The van der Waals surface area contributed by atoms with Crippen LogP contribution in [-0.2, 0) is 6.42 Å². The molecule has 5 nitrogen and oxygen atoms in total. The second kappa shape index (κ2) is 7.58. The zero-order chi connectivity index (χ0) is 14.3. The maximum Gasteiger partial charge on any atom is 0.335 e. The molecule has 0 bridgehead atoms. The van der Waals surface area contributed by atoms with Crippen LogP contribution in [0.1, 0.15) is 15.9 Å². The lowest BCUT2D eigenvalue weighted by molar-refractivity contribution is 0.0695. The van der Waals surface area contributed by atoms with E-state index in [9.17, 15) is 9.59 Å². The van der Waals surface area contributed by atoms with Crippen LogP contribution in [0.5, 0.6) is 0 Å². The standard InChI is InChI=1S/C13H15BrN2O3/c1-9(14)8-16-13(19)15-7-6-10-4-2-3-5-11(10)12(17)18/h2-5H,1,6-8H2,(H,17,18)(H2,15,16,19). The van der Waals surface area contributed by atoms with E-state index >= 15 is 0 Å². The Kier molecular flexibility index (Phi) is 6.08. The van der Waals surface area contributed by atoms with Gasteiger partial charge in [0.15, 0.2) is 0 Å². The molecule has 0 spiro atoms. The highest BCUT2D eigenvalue weighted by Crippen LogP contribution is 2.08. The average molecular weight is 327 g/mol. The highest BCUT2D eigenvalue weighted by Gasteiger charge is 2.08. The molecule has 0 unspecified atom stereocenters. The molecule has 0 fully saturated rings. The molecule has 102 valence electrons. The van der Waals surface area contributed by atoms with Crippen LogP contribution in [0.25, 0.3) is 0 Å². The summed E-state index contributed by atoms with van der Waals surface area (Å²) in [7, 11) is 0. The number of carboxylic acids is 1. The monoisotopic (exact) mass is 326 g/mol. The largest absolute Gasteiger partial charge is 0.478 e. The molecule has 0 heterocycles. The van der Waals surface area contributed by atoms with Gasteiger partial charge in [-0.15, -0.1) is 0 Å². The van der Waals surface area contributed by atoms with Crippen molar-refractivity contribution >= 4 is 27.9 Å². The Bertz CT molecular complexity index is 489. The average Bonchev–Trinajstić information content (AvgIpc) is 2.36. The van der Waals surface area contributed by atoms with Crippen molar-refractivity contribution in [2.75, 3.05) is 13.1 Å². The zero-order valence-corrected chi connectivity index (χ0v) is 11.9. The zero-order valence-electron chi connectivity index (χ0n) is 10.3. The number of amides is 2. The van der Waals surface area contributed by atoms with E-state index in [1.165, 1.54) is 0 Å². The Morgan fingerprint density at radius 2 is 1.95 bits per heavy atom. The summed E-state index contributed by atoms with van der Waals surface area (Å²) in [6.45, 7) is 4.31. The van der Waals surface area contributed by atoms with Crippen molar-refractivity contribution in [2.24, 2.45) is 0 Å². The number of carbonyl (C=O) groups excluding carboxylic acids is 1. The van der Waals surface area contributed by atoms with Gasteiger partial charge in [0.25, 0.3) is 0 Å². The summed E-state index contributed by atoms with van der Waals surface area (Å²) in [5, 5.41) is 14.2. The summed E-state index contributed by atoms with van der Waals surface area (Å²) >= 11 is 3.13. The van der Waals surface area contributed by atoms with Crippen molar-refractivity contribution in [2.45, 2.75) is 6.42 Å². The number of carbonyl (C=O) groups is 2. The first-order valence-electron chi connectivity index (χ1n) is 5.67. The third-order valence-corrected chi connectivity index (χ3v) is 2.65. The van der Waals surface area contributed by atoms with E-state index in [1.54, 1.807) is 24.3 Å². The van der Waals surface area contributed by atoms with Crippen molar-refractivity contribution in [1.82, 2.24) is 10.6 Å². The minimum absolute atomic E-state index is 0.263. The molecule has 0 radical (unpaired) electrons. The van der Waals surface area contributed by atoms with Gasteiger partial charge in [0.1, 0.15) is 0 Å². The summed E-state index contributed by atoms with van der Waals surface area (Å²) in [4.78, 5) is 22.3. The molecule has 1 aromatic rings. The third-order valence-electron chi connectivity index (χ3n) is 2.37. The van der Waals surface area contributed by atoms with Gasteiger partial charge in [0.05, 0.1) is 12.1 Å². The molecule has 6 heteroatoms. The number of benzene rings is 1. The number of hydrogen-bond donors (Lipinski definition) is 3. The number of aromatic carboxylic acids is 1. The van der Waals surface area contributed by atoms with Crippen LogP contribution >= 0.6 is 15.9 Å². The first-order chi connectivity index (χ1) is 9.00. The number of carboxylic acid groups (broad SMARTS) is 1. The van der Waals surface area contributed by atoms with Gasteiger partial charge in [-0.2, -0.15) is 0 Å². The number of halogens is 1. The molecule has 1 rings (SSSR count). The van der Waals surface area contributed by atoms with Crippen LogP contribution < -0.4 is 10.6 Å². The Labute approximate surface area is 119 Å². The molecular weight excluding hydrogens is 312 g/mol. The number of hydrogen-bond acceptors (Lipinski definition) is 2. The van der Waals surface area contributed by atoms with Crippen LogP contribution in [0.15, 0.2) is 35.3 Å². The molecule has 0 aromatic heterocycles. The molecule has 1 aromatic carbocycles. The predicted octanol–water partition coefficient (Wildman–Crippen LogP) is 2.14. The van der Waals surface area contributed by atoms with Gasteiger partial charge in [0.2, 0.25) is 0 Å². The lowest BCUT2D eigenvalue weighted by Crippen LogP contribution is -2.37. The van der Waals surface area contributed by atoms with E-state index in [4.69, 9.17) is 5.11 Å². The van der Waals surface area contributed by atoms with Crippen molar-refractivity contribution in [3.8, 4) is 0 Å². The van der Waals surface area contributed by atoms with Crippen molar-refractivity contribution < 1.29 is 14.7 Å².